The largest absolute Gasteiger partial charge is 0.487 e. The van der Waals surface area contributed by atoms with Crippen LogP contribution in [0.5, 0.6) is 5.75 Å². The fourth-order valence-electron chi connectivity index (χ4n) is 3.29. The molecule has 0 spiro atoms. The van der Waals surface area contributed by atoms with E-state index in [-0.39, 0.29) is 11.4 Å². The van der Waals surface area contributed by atoms with Crippen LogP contribution in [0.1, 0.15) is 23.6 Å². The van der Waals surface area contributed by atoms with Crippen LogP contribution in [0.3, 0.4) is 0 Å². The predicted molar refractivity (Wildman–Crippen MR) is 155 cm³/mol. The van der Waals surface area contributed by atoms with Crippen molar-refractivity contribution in [1.29, 1.82) is 0 Å². The number of thioether (sulfide) groups is 1. The number of ether oxygens (including phenoxy) is 1. The Morgan fingerprint density at radius 3 is 2.53 bits per heavy atom. The van der Waals surface area contributed by atoms with Crippen molar-refractivity contribution in [1.82, 2.24) is 5.32 Å². The Hall–Kier alpha value is -1.39. The predicted octanol–water partition coefficient (Wildman–Crippen LogP) is 8.10. The first-order valence-corrected chi connectivity index (χ1v) is 13.9. The van der Waals surface area contributed by atoms with E-state index in [1.54, 1.807) is 12.1 Å². The van der Waals surface area contributed by atoms with Crippen LogP contribution >= 0.6 is 73.5 Å². The highest BCUT2D eigenvalue weighted by Gasteiger charge is 2.27. The van der Waals surface area contributed by atoms with Crippen molar-refractivity contribution in [2.24, 2.45) is 0 Å². The lowest BCUT2D eigenvalue weighted by Crippen LogP contribution is -2.30. The third kappa shape index (κ3) is 6.43. The average molecular weight is 690 g/mol. The lowest BCUT2D eigenvalue weighted by Gasteiger charge is -2.13. The van der Waals surface area contributed by atoms with Crippen LogP contribution in [0.15, 0.2) is 64.0 Å². The number of benzene rings is 3. The topological polar surface area (TPSA) is 50.4 Å². The Morgan fingerprint density at radius 1 is 1.12 bits per heavy atom. The number of halogens is 4. The van der Waals surface area contributed by atoms with Crippen molar-refractivity contribution in [3.8, 4) is 5.75 Å². The zero-order chi connectivity index (χ0) is 24.2. The maximum absolute atomic E-state index is 12.5. The summed E-state index contributed by atoms with van der Waals surface area (Å²) < 4.78 is 7.75. The van der Waals surface area contributed by atoms with Crippen LogP contribution in [0.4, 0.5) is 5.69 Å². The van der Waals surface area contributed by atoms with Gasteiger partial charge in [0.1, 0.15) is 12.4 Å². The van der Waals surface area contributed by atoms with Crippen LogP contribution in [0.25, 0.3) is 6.08 Å². The Labute approximate surface area is 235 Å². The van der Waals surface area contributed by atoms with Gasteiger partial charge in [-0.1, -0.05) is 60.1 Å². The highest BCUT2D eigenvalue weighted by molar-refractivity contribution is 14.1. The second kappa shape index (κ2) is 11.6. The molecule has 176 valence electrons. The minimum atomic E-state index is -0.220. The monoisotopic (exact) mass is 688 g/mol. The molecule has 3 aromatic carbocycles. The minimum absolute atomic E-state index is 0.0984. The van der Waals surface area contributed by atoms with Crippen LogP contribution in [-0.2, 0) is 17.8 Å². The number of carbonyl (C=O) groups excluding carboxylic acids is 1. The summed E-state index contributed by atoms with van der Waals surface area (Å²) in [5, 5.41) is 7.34. The van der Waals surface area contributed by atoms with Crippen molar-refractivity contribution in [3.05, 3.63) is 94.3 Å². The number of carbonyl (C=O) groups is 1. The summed E-state index contributed by atoms with van der Waals surface area (Å²) in [6.45, 7) is 2.48. The zero-order valence-corrected chi connectivity index (χ0v) is 24.1. The number of amides is 1. The van der Waals surface area contributed by atoms with E-state index in [9.17, 15) is 4.79 Å². The lowest BCUT2D eigenvalue weighted by molar-refractivity contribution is -0.116. The molecule has 0 unspecified atom stereocenters. The van der Waals surface area contributed by atoms with E-state index in [1.807, 2.05) is 36.4 Å². The molecule has 2 N–H and O–H groups in total. The first-order valence-electron chi connectivity index (χ1n) is 10.4. The van der Waals surface area contributed by atoms with Gasteiger partial charge in [0, 0.05) is 5.69 Å². The van der Waals surface area contributed by atoms with E-state index >= 15 is 0 Å². The summed E-state index contributed by atoms with van der Waals surface area (Å²) in [6, 6.07) is 17.6. The first kappa shape index (κ1) is 25.7. The summed E-state index contributed by atoms with van der Waals surface area (Å²) in [5.74, 6) is 0.631. The standard InChI is InChI=1S/C25H20BrCl2IN2O2S/c1-2-14-3-6-17(7-4-14)30-25-31-24(32)22(34-25)12-16-9-18(26)23(21(29)11-16)33-13-15-5-8-19(27)20(28)10-15/h3-12,25,30H,2,13H2,1H3,(H,31,32)/b22-12-/t25-/m0/s1. The molecular formula is C25H20BrCl2IN2O2S. The van der Waals surface area contributed by atoms with Crippen molar-refractivity contribution < 1.29 is 9.53 Å². The Kier molecular flexibility index (Phi) is 8.74. The summed E-state index contributed by atoms with van der Waals surface area (Å²) >= 11 is 19.4. The minimum Gasteiger partial charge on any atom is -0.487 e. The normalized spacial score (nSPS) is 16.6. The van der Waals surface area contributed by atoms with E-state index in [4.69, 9.17) is 27.9 Å². The molecule has 9 heteroatoms. The molecule has 1 saturated heterocycles. The summed E-state index contributed by atoms with van der Waals surface area (Å²) in [4.78, 5) is 13.2. The van der Waals surface area contributed by atoms with Crippen molar-refractivity contribution in [2.45, 2.75) is 25.4 Å². The SMILES string of the molecule is CCc1ccc(N[C@H]2NC(=O)/C(=C/c3cc(Br)c(OCc4ccc(Cl)c(Cl)c4)c(I)c3)S2)cc1. The molecule has 0 saturated carbocycles. The molecule has 1 amide bonds. The third-order valence-electron chi connectivity index (χ3n) is 5.08. The van der Waals surface area contributed by atoms with E-state index < -0.39 is 0 Å². The molecule has 3 aromatic rings. The molecule has 1 aliphatic rings. The second-order valence-electron chi connectivity index (χ2n) is 7.53. The maximum atomic E-state index is 12.5. The van der Waals surface area contributed by atoms with Crippen LogP contribution in [0, 0.1) is 3.57 Å². The molecule has 0 bridgehead atoms. The van der Waals surface area contributed by atoms with Gasteiger partial charge in [0.25, 0.3) is 5.91 Å². The van der Waals surface area contributed by atoms with Crippen LogP contribution < -0.4 is 15.4 Å². The maximum Gasteiger partial charge on any atom is 0.260 e. The molecule has 34 heavy (non-hydrogen) atoms. The van der Waals surface area contributed by atoms with Gasteiger partial charge in [0.05, 0.1) is 23.0 Å². The number of rotatable bonds is 7. The van der Waals surface area contributed by atoms with E-state index in [2.05, 4.69) is 68.2 Å². The third-order valence-corrected chi connectivity index (χ3v) is 8.23. The fraction of sp³-hybridized carbons (Fsp3) is 0.160. The quantitative estimate of drug-likeness (QED) is 0.195. The molecular weight excluding hydrogens is 670 g/mol. The van der Waals surface area contributed by atoms with Gasteiger partial charge in [-0.2, -0.15) is 0 Å². The molecule has 0 aliphatic carbocycles. The second-order valence-corrected chi connectivity index (χ2v) is 11.5. The van der Waals surface area contributed by atoms with E-state index in [0.717, 1.165) is 37.0 Å². The zero-order valence-electron chi connectivity index (χ0n) is 18.0. The van der Waals surface area contributed by atoms with Gasteiger partial charge < -0.3 is 15.4 Å². The molecule has 0 aromatic heterocycles. The van der Waals surface area contributed by atoms with Crippen molar-refractivity contribution in [3.63, 3.8) is 0 Å². The Morgan fingerprint density at radius 2 is 1.85 bits per heavy atom. The van der Waals surface area contributed by atoms with Crippen molar-refractivity contribution >= 4 is 91.2 Å². The van der Waals surface area contributed by atoms with Gasteiger partial charge in [-0.3, -0.25) is 4.79 Å². The average Bonchev–Trinajstić information content (AvgIpc) is 3.14. The van der Waals surface area contributed by atoms with Gasteiger partial charge in [-0.15, -0.1) is 0 Å². The molecule has 1 fully saturated rings. The number of hydrogen-bond donors (Lipinski definition) is 2. The molecule has 4 nitrogen and oxygen atoms in total. The van der Waals surface area contributed by atoms with Gasteiger partial charge >= 0.3 is 0 Å². The molecule has 4 rings (SSSR count). The molecule has 0 radical (unpaired) electrons. The summed E-state index contributed by atoms with van der Waals surface area (Å²) in [7, 11) is 0. The molecule has 1 atom stereocenters. The van der Waals surface area contributed by atoms with Gasteiger partial charge in [0.2, 0.25) is 0 Å². The first-order chi connectivity index (χ1) is 16.3. The van der Waals surface area contributed by atoms with Gasteiger partial charge in [-0.25, -0.2) is 0 Å². The number of anilines is 1. The summed E-state index contributed by atoms with van der Waals surface area (Å²) in [5.41, 5.74) is 3.85. The lowest BCUT2D eigenvalue weighted by atomic mass is 10.1. The molecule has 1 heterocycles. The van der Waals surface area contributed by atoms with Crippen LogP contribution in [-0.4, -0.2) is 11.4 Å². The highest BCUT2D eigenvalue weighted by Crippen LogP contribution is 2.36. The molecule has 1 aliphatic heterocycles. The van der Waals surface area contributed by atoms with Gasteiger partial charge in [0.15, 0.2) is 5.50 Å². The van der Waals surface area contributed by atoms with Gasteiger partial charge in [-0.05, 0) is 104 Å². The van der Waals surface area contributed by atoms with E-state index in [1.165, 1.54) is 17.3 Å². The van der Waals surface area contributed by atoms with Crippen LogP contribution in [0.2, 0.25) is 10.0 Å². The number of nitrogens with one attached hydrogen (secondary N) is 2. The Bertz CT molecular complexity index is 1230. The number of aryl methyl sites for hydroxylation is 1. The Balaban J connectivity index is 1.43. The fourth-order valence-corrected chi connectivity index (χ4v) is 6.36. The smallest absolute Gasteiger partial charge is 0.260 e. The highest BCUT2D eigenvalue weighted by atomic mass is 127. The van der Waals surface area contributed by atoms with Crippen molar-refractivity contribution in [2.75, 3.05) is 5.32 Å². The summed E-state index contributed by atoms with van der Waals surface area (Å²) in [6.07, 6.45) is 2.88. The number of hydrogen-bond acceptors (Lipinski definition) is 4. The van der Waals surface area contributed by atoms with E-state index in [0.29, 0.717) is 21.6 Å².